The molecule has 0 unspecified atom stereocenters. The molecule has 2 aromatic carbocycles. The lowest BCUT2D eigenvalue weighted by Gasteiger charge is -2.26. The Bertz CT molecular complexity index is 916. The number of hydrogen-bond donors (Lipinski definition) is 1. The van der Waals surface area contributed by atoms with Crippen molar-refractivity contribution < 1.29 is 0 Å². The number of aromatic amines is 1. The number of nitrogens with zero attached hydrogens (tertiary/aromatic N) is 2. The van der Waals surface area contributed by atoms with E-state index in [4.69, 9.17) is 0 Å². The lowest BCUT2D eigenvalue weighted by Crippen LogP contribution is -2.32. The number of hydrogen-bond acceptors (Lipinski definition) is 4. The van der Waals surface area contributed by atoms with Gasteiger partial charge in [0.05, 0.1) is 10.9 Å². The van der Waals surface area contributed by atoms with Crippen molar-refractivity contribution in [2.75, 3.05) is 24.6 Å². The van der Waals surface area contributed by atoms with Crippen LogP contribution >= 0.6 is 11.8 Å². The Morgan fingerprint density at radius 2 is 1.79 bits per heavy atom. The molecule has 1 aromatic heterocycles. The molecule has 0 spiro atoms. The molecular formula is C19H19N3OS. The van der Waals surface area contributed by atoms with Crippen LogP contribution in [-0.4, -0.2) is 39.5 Å². The van der Waals surface area contributed by atoms with Gasteiger partial charge in [0.25, 0.3) is 5.56 Å². The summed E-state index contributed by atoms with van der Waals surface area (Å²) in [6, 6.07) is 15.7. The van der Waals surface area contributed by atoms with Gasteiger partial charge in [-0.15, -0.1) is 0 Å². The third-order valence-electron chi connectivity index (χ3n) is 4.38. The van der Waals surface area contributed by atoms with Crippen molar-refractivity contribution in [3.8, 4) is 11.4 Å². The Balaban J connectivity index is 1.75. The highest BCUT2D eigenvalue weighted by Crippen LogP contribution is 2.23. The molecule has 4 nitrogen and oxygen atoms in total. The second kappa shape index (κ2) is 6.79. The number of rotatable bonds is 3. The molecule has 24 heavy (non-hydrogen) atoms. The molecule has 1 aliphatic heterocycles. The highest BCUT2D eigenvalue weighted by atomic mass is 32.2. The van der Waals surface area contributed by atoms with Crippen LogP contribution in [0, 0.1) is 0 Å². The van der Waals surface area contributed by atoms with Gasteiger partial charge in [0.1, 0.15) is 5.82 Å². The largest absolute Gasteiger partial charge is 0.306 e. The zero-order valence-corrected chi connectivity index (χ0v) is 14.2. The van der Waals surface area contributed by atoms with Crippen molar-refractivity contribution in [3.05, 3.63) is 64.4 Å². The van der Waals surface area contributed by atoms with Gasteiger partial charge in [-0.25, -0.2) is 4.98 Å². The number of fused-ring (bicyclic) bond motifs is 1. The van der Waals surface area contributed by atoms with Crippen molar-refractivity contribution in [2.24, 2.45) is 0 Å². The van der Waals surface area contributed by atoms with Gasteiger partial charge in [-0.2, -0.15) is 11.8 Å². The molecule has 122 valence electrons. The molecule has 1 aliphatic rings. The number of para-hydroxylation sites is 1. The van der Waals surface area contributed by atoms with Gasteiger partial charge >= 0.3 is 0 Å². The van der Waals surface area contributed by atoms with Crippen LogP contribution in [0.3, 0.4) is 0 Å². The topological polar surface area (TPSA) is 49.0 Å². The molecule has 0 bridgehead atoms. The Morgan fingerprint density at radius 1 is 1.04 bits per heavy atom. The zero-order valence-electron chi connectivity index (χ0n) is 13.4. The maximum absolute atomic E-state index is 12.4. The van der Waals surface area contributed by atoms with Crippen LogP contribution in [0.4, 0.5) is 0 Å². The van der Waals surface area contributed by atoms with E-state index in [1.54, 1.807) is 0 Å². The first-order valence-electron chi connectivity index (χ1n) is 8.19. The molecule has 2 heterocycles. The van der Waals surface area contributed by atoms with Gasteiger partial charge in [-0.3, -0.25) is 9.69 Å². The molecule has 1 saturated heterocycles. The predicted molar refractivity (Wildman–Crippen MR) is 100 cm³/mol. The van der Waals surface area contributed by atoms with E-state index in [-0.39, 0.29) is 5.56 Å². The van der Waals surface area contributed by atoms with Crippen molar-refractivity contribution in [3.63, 3.8) is 0 Å². The van der Waals surface area contributed by atoms with Crippen LogP contribution in [0.2, 0.25) is 0 Å². The quantitative estimate of drug-likeness (QED) is 0.798. The van der Waals surface area contributed by atoms with Crippen LogP contribution in [0.15, 0.2) is 53.3 Å². The van der Waals surface area contributed by atoms with E-state index in [1.165, 1.54) is 17.1 Å². The summed E-state index contributed by atoms with van der Waals surface area (Å²) in [5, 5.41) is 0.631. The molecule has 3 aromatic rings. The Morgan fingerprint density at radius 3 is 2.67 bits per heavy atom. The van der Waals surface area contributed by atoms with Crippen molar-refractivity contribution in [2.45, 2.75) is 6.54 Å². The van der Waals surface area contributed by atoms with Gasteiger partial charge in [0, 0.05) is 36.7 Å². The summed E-state index contributed by atoms with van der Waals surface area (Å²) in [4.78, 5) is 22.5. The van der Waals surface area contributed by atoms with Crippen molar-refractivity contribution in [1.82, 2.24) is 14.9 Å². The van der Waals surface area contributed by atoms with Crippen LogP contribution in [0.1, 0.15) is 5.56 Å². The van der Waals surface area contributed by atoms with Crippen molar-refractivity contribution in [1.29, 1.82) is 0 Å². The number of benzene rings is 2. The van der Waals surface area contributed by atoms with Crippen molar-refractivity contribution >= 4 is 22.7 Å². The number of aromatic nitrogens is 2. The summed E-state index contributed by atoms with van der Waals surface area (Å²) in [7, 11) is 0. The van der Waals surface area contributed by atoms with E-state index in [0.29, 0.717) is 11.2 Å². The molecule has 5 heteroatoms. The van der Waals surface area contributed by atoms with Gasteiger partial charge in [0.15, 0.2) is 0 Å². The second-order valence-corrected chi connectivity index (χ2v) is 7.20. The summed E-state index contributed by atoms with van der Waals surface area (Å²) in [5.74, 6) is 3.03. The van der Waals surface area contributed by atoms with E-state index in [1.807, 2.05) is 48.2 Å². The maximum Gasteiger partial charge on any atom is 0.259 e. The monoisotopic (exact) mass is 337 g/mol. The lowest BCUT2D eigenvalue weighted by atomic mass is 10.1. The average Bonchev–Trinajstić information content (AvgIpc) is 2.63. The SMILES string of the molecule is O=c1[nH]c(-c2ccccc2CN2CCSCC2)nc2ccccc12. The molecule has 1 N–H and O–H groups in total. The van der Waals surface area contributed by atoms with Gasteiger partial charge in [0.2, 0.25) is 0 Å². The predicted octanol–water partition coefficient (Wildman–Crippen LogP) is 3.14. The zero-order chi connectivity index (χ0) is 16.4. The molecule has 0 radical (unpaired) electrons. The van der Waals surface area contributed by atoms with Crippen LogP contribution in [0.5, 0.6) is 0 Å². The third kappa shape index (κ3) is 3.09. The molecular weight excluding hydrogens is 318 g/mol. The summed E-state index contributed by atoms with van der Waals surface area (Å²) in [6.45, 7) is 3.12. The molecule has 0 atom stereocenters. The first-order valence-corrected chi connectivity index (χ1v) is 9.34. The van der Waals surface area contributed by atoms with E-state index < -0.39 is 0 Å². The molecule has 1 fully saturated rings. The third-order valence-corrected chi connectivity index (χ3v) is 5.33. The highest BCUT2D eigenvalue weighted by molar-refractivity contribution is 7.99. The van der Waals surface area contributed by atoms with Crippen LogP contribution < -0.4 is 5.56 Å². The highest BCUT2D eigenvalue weighted by Gasteiger charge is 2.15. The molecule has 4 rings (SSSR count). The first-order chi connectivity index (χ1) is 11.8. The van der Waals surface area contributed by atoms with E-state index in [2.05, 4.69) is 27.0 Å². The lowest BCUT2D eigenvalue weighted by molar-refractivity contribution is 0.295. The molecule has 0 aliphatic carbocycles. The van der Waals surface area contributed by atoms with E-state index in [9.17, 15) is 4.79 Å². The Hall–Kier alpha value is -2.11. The second-order valence-electron chi connectivity index (χ2n) is 5.98. The van der Waals surface area contributed by atoms with E-state index in [0.717, 1.165) is 30.7 Å². The smallest absolute Gasteiger partial charge is 0.259 e. The Labute approximate surface area is 144 Å². The van der Waals surface area contributed by atoms with Gasteiger partial charge in [-0.05, 0) is 17.7 Å². The molecule has 0 saturated carbocycles. The summed E-state index contributed by atoms with van der Waals surface area (Å²) in [6.07, 6.45) is 0. The minimum atomic E-state index is -0.0835. The maximum atomic E-state index is 12.4. The van der Waals surface area contributed by atoms with Gasteiger partial charge < -0.3 is 4.98 Å². The summed E-state index contributed by atoms with van der Waals surface area (Å²) in [5.41, 5.74) is 2.88. The number of thioether (sulfide) groups is 1. The minimum Gasteiger partial charge on any atom is -0.306 e. The Kier molecular flexibility index (Phi) is 4.36. The standard InChI is InChI=1S/C19H19N3OS/c23-19-16-7-3-4-8-17(16)20-18(21-19)15-6-2-1-5-14(15)13-22-9-11-24-12-10-22/h1-8H,9-13H2,(H,20,21,23). The fourth-order valence-corrected chi connectivity index (χ4v) is 4.08. The summed E-state index contributed by atoms with van der Waals surface area (Å²) >= 11 is 2.01. The van der Waals surface area contributed by atoms with Crippen LogP contribution in [-0.2, 0) is 6.54 Å². The fraction of sp³-hybridized carbons (Fsp3) is 0.263. The normalized spacial score (nSPS) is 15.7. The number of H-pyrrole nitrogens is 1. The number of nitrogens with one attached hydrogen (secondary N) is 1. The van der Waals surface area contributed by atoms with Crippen LogP contribution in [0.25, 0.3) is 22.3 Å². The molecule has 0 amide bonds. The van der Waals surface area contributed by atoms with E-state index >= 15 is 0 Å². The first kappa shape index (κ1) is 15.4. The minimum absolute atomic E-state index is 0.0835. The van der Waals surface area contributed by atoms with Gasteiger partial charge in [-0.1, -0.05) is 36.4 Å². The summed E-state index contributed by atoms with van der Waals surface area (Å²) < 4.78 is 0. The average molecular weight is 337 g/mol. The fourth-order valence-electron chi connectivity index (χ4n) is 3.10.